The lowest BCUT2D eigenvalue weighted by atomic mass is 9.85. The van der Waals surface area contributed by atoms with Crippen LogP contribution in [-0.4, -0.2) is 45.8 Å². The van der Waals surface area contributed by atoms with Crippen LogP contribution in [0.2, 0.25) is 0 Å². The Balaban J connectivity index is 2.18. The molecule has 22 heavy (non-hydrogen) atoms. The summed E-state index contributed by atoms with van der Waals surface area (Å²) in [7, 11) is -0.186. The van der Waals surface area contributed by atoms with Crippen molar-refractivity contribution < 1.29 is 23.3 Å². The van der Waals surface area contributed by atoms with Gasteiger partial charge >= 0.3 is 5.97 Å². The molecule has 8 heteroatoms. The molecule has 0 aromatic rings. The normalized spacial score (nSPS) is 24.8. The van der Waals surface area contributed by atoms with Crippen LogP contribution in [0.1, 0.15) is 32.6 Å². The highest BCUT2D eigenvalue weighted by Crippen LogP contribution is 2.44. The van der Waals surface area contributed by atoms with Gasteiger partial charge in [-0.3, -0.25) is 13.8 Å². The van der Waals surface area contributed by atoms with Crippen molar-refractivity contribution in [2.75, 3.05) is 12.9 Å². The molecule has 0 aromatic heterocycles. The maximum Gasteiger partial charge on any atom is 0.355 e. The zero-order valence-corrected chi connectivity index (χ0v) is 13.5. The van der Waals surface area contributed by atoms with E-state index in [1.165, 1.54) is 12.0 Å². The van der Waals surface area contributed by atoms with Gasteiger partial charge in [0.05, 0.1) is 29.9 Å². The van der Waals surface area contributed by atoms with Crippen molar-refractivity contribution in [1.29, 1.82) is 0 Å². The topological polar surface area (TPSA) is 107 Å². The number of ether oxygens (including phenoxy) is 1. The molecule has 2 rings (SSSR count). The van der Waals surface area contributed by atoms with E-state index in [1.807, 2.05) is 6.92 Å². The van der Waals surface area contributed by atoms with Crippen molar-refractivity contribution in [2.24, 2.45) is 11.7 Å². The number of hydrogen-bond donors (Lipinski definition) is 1. The molecule has 3 atom stereocenters. The number of carbonyl (C=O) groups is 3. The van der Waals surface area contributed by atoms with Crippen LogP contribution in [0.4, 0.5) is 0 Å². The van der Waals surface area contributed by atoms with Crippen LogP contribution in [0.5, 0.6) is 0 Å². The summed E-state index contributed by atoms with van der Waals surface area (Å²) in [5.41, 5.74) is 5.19. The number of carbonyl (C=O) groups excluding carboxylic acids is 3. The lowest BCUT2D eigenvalue weighted by molar-refractivity contribution is -0.155. The molecule has 1 saturated heterocycles. The molecule has 2 aliphatic heterocycles. The van der Waals surface area contributed by atoms with Crippen molar-refractivity contribution in [3.05, 3.63) is 10.6 Å². The summed E-state index contributed by atoms with van der Waals surface area (Å²) in [5.74, 6) is -1.08. The Morgan fingerprint density at radius 2 is 2.14 bits per heavy atom. The highest BCUT2D eigenvalue weighted by atomic mass is 32.2. The number of primary amides is 1. The largest absolute Gasteiger partial charge is 0.464 e. The fourth-order valence-corrected chi connectivity index (χ4v) is 4.40. The fourth-order valence-electron chi connectivity index (χ4n) is 2.99. The first-order valence-corrected chi connectivity index (χ1v) is 8.55. The summed E-state index contributed by atoms with van der Waals surface area (Å²) in [5, 5.41) is 0. The van der Waals surface area contributed by atoms with E-state index in [2.05, 4.69) is 0 Å². The molecule has 0 saturated carbocycles. The van der Waals surface area contributed by atoms with Gasteiger partial charge in [-0.2, -0.15) is 0 Å². The van der Waals surface area contributed by atoms with Gasteiger partial charge in [0.15, 0.2) is 0 Å². The summed E-state index contributed by atoms with van der Waals surface area (Å²) >= 11 is 0. The van der Waals surface area contributed by atoms with E-state index in [1.54, 1.807) is 0 Å². The van der Waals surface area contributed by atoms with Crippen LogP contribution in [0.3, 0.4) is 0 Å². The average Bonchev–Trinajstić information content (AvgIpc) is 2.82. The molecule has 1 fully saturated rings. The second kappa shape index (κ2) is 6.60. The van der Waals surface area contributed by atoms with E-state index in [-0.39, 0.29) is 35.7 Å². The predicted molar refractivity (Wildman–Crippen MR) is 79.5 cm³/mol. The molecular formula is C14H20N2O5S. The monoisotopic (exact) mass is 328 g/mol. The molecule has 3 unspecified atom stereocenters. The summed E-state index contributed by atoms with van der Waals surface area (Å²) in [6.45, 7) is 1.92. The number of methoxy groups -OCH3 is 1. The van der Waals surface area contributed by atoms with E-state index in [0.29, 0.717) is 24.2 Å². The lowest BCUT2D eigenvalue weighted by Crippen LogP contribution is -2.58. The molecule has 2 aliphatic rings. The van der Waals surface area contributed by atoms with Crippen molar-refractivity contribution in [1.82, 2.24) is 4.90 Å². The first kappa shape index (κ1) is 16.7. The SMILES string of the molecule is CCC1C(=O)N2C(C(=O)OC)=C(S(=O)CCCC(N)=O)CC12. The molecule has 7 nitrogen and oxygen atoms in total. The number of esters is 1. The molecule has 2 N–H and O–H groups in total. The number of rotatable bonds is 7. The maximum absolute atomic E-state index is 12.4. The minimum atomic E-state index is -1.42. The number of fused-ring (bicyclic) bond motifs is 1. The number of nitrogens with zero attached hydrogens (tertiary/aromatic N) is 1. The molecule has 122 valence electrons. The highest BCUT2D eigenvalue weighted by molar-refractivity contribution is 7.89. The standard InChI is InChI=1S/C14H20N2O5S/c1-3-8-9-7-10(22(20)6-4-5-11(15)17)12(14(19)21-2)16(9)13(8)18/h8-9H,3-7H2,1-2H3,(H2,15,17). The molecule has 0 aliphatic carbocycles. The van der Waals surface area contributed by atoms with E-state index in [0.717, 1.165) is 0 Å². The van der Waals surface area contributed by atoms with Crippen molar-refractivity contribution in [3.63, 3.8) is 0 Å². The number of hydrogen-bond acceptors (Lipinski definition) is 5. The van der Waals surface area contributed by atoms with Crippen LogP contribution >= 0.6 is 0 Å². The Labute approximate surface area is 131 Å². The van der Waals surface area contributed by atoms with Gasteiger partial charge in [-0.05, 0) is 12.8 Å². The Kier molecular flexibility index (Phi) is 5.00. The quantitative estimate of drug-likeness (QED) is 0.524. The van der Waals surface area contributed by atoms with Crippen LogP contribution in [0.15, 0.2) is 10.6 Å². The first-order valence-electron chi connectivity index (χ1n) is 7.23. The third-order valence-electron chi connectivity index (χ3n) is 4.10. The smallest absolute Gasteiger partial charge is 0.355 e. The fraction of sp³-hybridized carbons (Fsp3) is 0.643. The minimum absolute atomic E-state index is 0.0957. The van der Waals surface area contributed by atoms with Crippen LogP contribution in [0.25, 0.3) is 0 Å². The maximum atomic E-state index is 12.4. The van der Waals surface area contributed by atoms with Crippen molar-refractivity contribution in [3.8, 4) is 0 Å². The number of β-lactam (4-membered cyclic amide) rings is 1. The predicted octanol–water partition coefficient (Wildman–Crippen LogP) is 0.0259. The zero-order chi connectivity index (χ0) is 16.4. The van der Waals surface area contributed by atoms with Gasteiger partial charge in [-0.25, -0.2) is 4.79 Å². The second-order valence-corrected chi connectivity index (χ2v) is 6.97. The Morgan fingerprint density at radius 1 is 1.45 bits per heavy atom. The minimum Gasteiger partial charge on any atom is -0.464 e. The highest BCUT2D eigenvalue weighted by Gasteiger charge is 2.55. The van der Waals surface area contributed by atoms with Gasteiger partial charge in [-0.1, -0.05) is 6.92 Å². The van der Waals surface area contributed by atoms with Gasteiger partial charge in [0, 0.05) is 23.5 Å². The van der Waals surface area contributed by atoms with E-state index in [9.17, 15) is 18.6 Å². The zero-order valence-electron chi connectivity index (χ0n) is 12.7. The molecule has 0 spiro atoms. The van der Waals surface area contributed by atoms with Crippen molar-refractivity contribution in [2.45, 2.75) is 38.6 Å². The lowest BCUT2D eigenvalue weighted by Gasteiger charge is -2.43. The molecule has 0 bridgehead atoms. The summed E-state index contributed by atoms with van der Waals surface area (Å²) in [6, 6.07) is -0.0957. The van der Waals surface area contributed by atoms with E-state index < -0.39 is 22.7 Å². The molecule has 2 heterocycles. The van der Waals surface area contributed by atoms with E-state index >= 15 is 0 Å². The molecule has 0 aromatic carbocycles. The Hall–Kier alpha value is -1.70. The first-order chi connectivity index (χ1) is 10.4. The van der Waals surface area contributed by atoms with Gasteiger partial charge in [0.1, 0.15) is 5.70 Å². The van der Waals surface area contributed by atoms with Gasteiger partial charge in [0.25, 0.3) is 0 Å². The average molecular weight is 328 g/mol. The van der Waals surface area contributed by atoms with Crippen molar-refractivity contribution >= 4 is 28.6 Å². The van der Waals surface area contributed by atoms with Gasteiger partial charge in [0.2, 0.25) is 11.8 Å². The Bertz CT molecular complexity index is 572. The molecular weight excluding hydrogens is 308 g/mol. The Morgan fingerprint density at radius 3 is 2.68 bits per heavy atom. The summed E-state index contributed by atoms with van der Waals surface area (Å²) in [6.07, 6.45) is 1.65. The molecule has 0 radical (unpaired) electrons. The number of amides is 2. The van der Waals surface area contributed by atoms with Crippen LogP contribution in [0, 0.1) is 5.92 Å². The summed E-state index contributed by atoms with van der Waals surface area (Å²) in [4.78, 5) is 36.7. The van der Waals surface area contributed by atoms with E-state index in [4.69, 9.17) is 10.5 Å². The molecule has 2 amide bonds. The summed E-state index contributed by atoms with van der Waals surface area (Å²) < 4.78 is 17.2. The van der Waals surface area contributed by atoms with Crippen LogP contribution < -0.4 is 5.73 Å². The third kappa shape index (κ3) is 2.79. The van der Waals surface area contributed by atoms with Gasteiger partial charge in [-0.15, -0.1) is 0 Å². The third-order valence-corrected chi connectivity index (χ3v) is 5.67. The van der Waals surface area contributed by atoms with Gasteiger partial charge < -0.3 is 15.4 Å². The second-order valence-electron chi connectivity index (χ2n) is 5.38. The van der Waals surface area contributed by atoms with Crippen LogP contribution in [-0.2, 0) is 29.9 Å². The number of nitrogens with two attached hydrogens (primary N) is 1.